The lowest BCUT2D eigenvalue weighted by Gasteiger charge is -2.26. The van der Waals surface area contributed by atoms with Crippen molar-refractivity contribution >= 4 is 28.9 Å². The number of ether oxygens (including phenoxy) is 1. The average Bonchev–Trinajstić information content (AvgIpc) is 3.15. The van der Waals surface area contributed by atoms with Crippen molar-refractivity contribution in [3.8, 4) is 11.3 Å². The Hall–Kier alpha value is -3.69. The van der Waals surface area contributed by atoms with Gasteiger partial charge in [0.05, 0.1) is 31.2 Å². The van der Waals surface area contributed by atoms with E-state index >= 15 is 0 Å². The van der Waals surface area contributed by atoms with Crippen LogP contribution in [0.3, 0.4) is 0 Å². The lowest BCUT2D eigenvalue weighted by atomic mass is 9.95. The number of nitrogens with zero attached hydrogens (tertiary/aromatic N) is 4. The predicted octanol–water partition coefficient (Wildman–Crippen LogP) is 5.50. The molecule has 0 bridgehead atoms. The van der Waals surface area contributed by atoms with E-state index in [-0.39, 0.29) is 5.82 Å². The minimum Gasteiger partial charge on any atom is -0.379 e. The summed E-state index contributed by atoms with van der Waals surface area (Å²) in [6.45, 7) is 7.03. The molecule has 3 aromatic carbocycles. The molecule has 41 heavy (non-hydrogen) atoms. The molecule has 0 aliphatic carbocycles. The smallest absolute Gasteiger partial charge is 0.227 e. The lowest BCUT2D eigenvalue weighted by molar-refractivity contribution is 0.0385. The van der Waals surface area contributed by atoms with Gasteiger partial charge in [-0.3, -0.25) is 9.89 Å². The molecule has 7 nitrogen and oxygen atoms in total. The van der Waals surface area contributed by atoms with E-state index in [1.54, 1.807) is 24.4 Å². The van der Waals surface area contributed by atoms with Gasteiger partial charge in [0.1, 0.15) is 5.82 Å². The number of aromatic nitrogens is 2. The normalized spacial score (nSPS) is 15.0. The number of benzene rings is 3. The molecule has 210 valence electrons. The highest BCUT2D eigenvalue weighted by molar-refractivity contribution is 6.31. The zero-order chi connectivity index (χ0) is 28.0. The quantitative estimate of drug-likeness (QED) is 0.259. The monoisotopic (exact) mass is 570 g/mol. The predicted molar refractivity (Wildman–Crippen MR) is 162 cm³/mol. The largest absolute Gasteiger partial charge is 0.379 e. The second-order valence-corrected chi connectivity index (χ2v) is 10.6. The molecule has 1 fully saturated rings. The third kappa shape index (κ3) is 6.63. The number of anilines is 2. The van der Waals surface area contributed by atoms with Gasteiger partial charge < -0.3 is 15.4 Å². The molecule has 9 heteroatoms. The van der Waals surface area contributed by atoms with E-state index in [9.17, 15) is 4.39 Å². The van der Waals surface area contributed by atoms with Crippen molar-refractivity contribution in [1.82, 2.24) is 20.2 Å². The Balaban J connectivity index is 1.13. The van der Waals surface area contributed by atoms with Gasteiger partial charge in [-0.15, -0.1) is 0 Å². The fourth-order valence-electron chi connectivity index (χ4n) is 5.17. The molecule has 1 saturated heterocycles. The second kappa shape index (κ2) is 12.9. The standard InChI is InChI=1S/C32H32ClFN6O/c33-24-7-10-26-28(19-24)31(27-3-1-2-4-29(27)34)36-20-23-21-37-32(39-30(23)26)38-25-8-5-22(6-9-25)11-12-35-13-14-40-15-17-41-18-16-40/h1-10,19,21,35H,11-18,20H2,(H,37,38,39). The van der Waals surface area contributed by atoms with Crippen molar-refractivity contribution in [3.05, 3.63) is 106 Å². The molecular formula is C32H32ClFN6O. The van der Waals surface area contributed by atoms with E-state index < -0.39 is 0 Å². The Morgan fingerprint density at radius 2 is 1.76 bits per heavy atom. The molecule has 0 radical (unpaired) electrons. The van der Waals surface area contributed by atoms with Crippen LogP contribution in [0.2, 0.25) is 5.02 Å². The van der Waals surface area contributed by atoms with Crippen LogP contribution in [0.4, 0.5) is 16.0 Å². The number of morpholine rings is 1. The van der Waals surface area contributed by atoms with Crippen LogP contribution in [0.1, 0.15) is 22.3 Å². The lowest BCUT2D eigenvalue weighted by Crippen LogP contribution is -2.40. The van der Waals surface area contributed by atoms with Gasteiger partial charge in [-0.1, -0.05) is 41.9 Å². The number of nitrogens with one attached hydrogen (secondary N) is 2. The third-order valence-electron chi connectivity index (χ3n) is 7.40. The summed E-state index contributed by atoms with van der Waals surface area (Å²) in [5.41, 5.74) is 6.36. The zero-order valence-electron chi connectivity index (χ0n) is 22.7. The second-order valence-electron chi connectivity index (χ2n) is 10.2. The molecule has 2 N–H and O–H groups in total. The Morgan fingerprint density at radius 3 is 2.59 bits per heavy atom. The van der Waals surface area contributed by atoms with Crippen molar-refractivity contribution in [2.75, 3.05) is 51.3 Å². The first-order valence-corrected chi connectivity index (χ1v) is 14.3. The van der Waals surface area contributed by atoms with Crippen LogP contribution in [0.15, 0.2) is 77.9 Å². The summed E-state index contributed by atoms with van der Waals surface area (Å²) in [6, 6.07) is 20.6. The Kier molecular flexibility index (Phi) is 8.63. The van der Waals surface area contributed by atoms with E-state index in [0.29, 0.717) is 28.8 Å². The highest BCUT2D eigenvalue weighted by Gasteiger charge is 2.23. The molecule has 1 aromatic heterocycles. The van der Waals surface area contributed by atoms with Crippen LogP contribution in [0, 0.1) is 5.82 Å². The summed E-state index contributed by atoms with van der Waals surface area (Å²) in [6.07, 6.45) is 2.75. The molecule has 3 heterocycles. The van der Waals surface area contributed by atoms with E-state index in [1.165, 1.54) is 11.6 Å². The number of fused-ring (bicyclic) bond motifs is 3. The zero-order valence-corrected chi connectivity index (χ0v) is 23.5. The maximum Gasteiger partial charge on any atom is 0.227 e. The van der Waals surface area contributed by atoms with E-state index in [0.717, 1.165) is 80.4 Å². The molecule has 0 amide bonds. The van der Waals surface area contributed by atoms with Gasteiger partial charge in [-0.25, -0.2) is 14.4 Å². The number of hydrogen-bond acceptors (Lipinski definition) is 7. The van der Waals surface area contributed by atoms with E-state index in [4.69, 9.17) is 26.3 Å². The minimum absolute atomic E-state index is 0.330. The highest BCUT2D eigenvalue weighted by atomic mass is 35.5. The fraction of sp³-hybridized carbons (Fsp3) is 0.281. The van der Waals surface area contributed by atoms with Crippen LogP contribution in [0.25, 0.3) is 11.3 Å². The fourth-order valence-corrected chi connectivity index (χ4v) is 5.34. The van der Waals surface area contributed by atoms with Crippen molar-refractivity contribution in [3.63, 3.8) is 0 Å². The van der Waals surface area contributed by atoms with E-state index in [2.05, 4.69) is 32.7 Å². The van der Waals surface area contributed by atoms with Gasteiger partial charge in [0.2, 0.25) is 5.95 Å². The molecule has 0 saturated carbocycles. The molecule has 0 unspecified atom stereocenters. The van der Waals surface area contributed by atoms with Crippen molar-refractivity contribution < 1.29 is 9.13 Å². The van der Waals surface area contributed by atoms with Crippen LogP contribution in [0.5, 0.6) is 0 Å². The summed E-state index contributed by atoms with van der Waals surface area (Å²) in [7, 11) is 0. The summed E-state index contributed by atoms with van der Waals surface area (Å²) >= 11 is 6.38. The Labute approximate surface area is 244 Å². The first-order chi connectivity index (χ1) is 20.1. The highest BCUT2D eigenvalue weighted by Crippen LogP contribution is 2.34. The van der Waals surface area contributed by atoms with Crippen LogP contribution in [-0.4, -0.2) is 66.5 Å². The van der Waals surface area contributed by atoms with Gasteiger partial charge in [0.15, 0.2) is 0 Å². The van der Waals surface area contributed by atoms with Gasteiger partial charge in [-0.2, -0.15) is 0 Å². The van der Waals surface area contributed by atoms with Crippen molar-refractivity contribution in [1.29, 1.82) is 0 Å². The summed E-state index contributed by atoms with van der Waals surface area (Å²) in [4.78, 5) is 16.6. The van der Waals surface area contributed by atoms with Gasteiger partial charge in [0, 0.05) is 65.3 Å². The first kappa shape index (κ1) is 27.5. The van der Waals surface area contributed by atoms with E-state index in [1.807, 2.05) is 30.3 Å². The van der Waals surface area contributed by atoms with Gasteiger partial charge in [0.25, 0.3) is 0 Å². The molecule has 0 spiro atoms. The third-order valence-corrected chi connectivity index (χ3v) is 7.64. The minimum atomic E-state index is -0.330. The molecule has 2 aliphatic heterocycles. The average molecular weight is 571 g/mol. The SMILES string of the molecule is Fc1ccccc1C1=NCc2cnc(Nc3ccc(CCNCCN4CCOCC4)cc3)nc2-c2ccc(Cl)cc21. The van der Waals surface area contributed by atoms with Gasteiger partial charge >= 0.3 is 0 Å². The number of hydrogen-bond donors (Lipinski definition) is 2. The summed E-state index contributed by atoms with van der Waals surface area (Å²) in [5, 5.41) is 7.42. The van der Waals surface area contributed by atoms with Crippen LogP contribution < -0.4 is 10.6 Å². The summed E-state index contributed by atoms with van der Waals surface area (Å²) in [5.74, 6) is 0.153. The Morgan fingerprint density at radius 1 is 0.927 bits per heavy atom. The number of aliphatic imine (C=N–C) groups is 1. The van der Waals surface area contributed by atoms with Crippen LogP contribution in [-0.2, 0) is 17.7 Å². The first-order valence-electron chi connectivity index (χ1n) is 14.0. The van der Waals surface area contributed by atoms with Crippen molar-refractivity contribution in [2.45, 2.75) is 13.0 Å². The summed E-state index contributed by atoms with van der Waals surface area (Å²) < 4.78 is 20.2. The van der Waals surface area contributed by atoms with Crippen molar-refractivity contribution in [2.24, 2.45) is 4.99 Å². The maximum atomic E-state index is 14.8. The molecule has 4 aromatic rings. The molecule has 2 aliphatic rings. The molecular weight excluding hydrogens is 539 g/mol. The Bertz CT molecular complexity index is 1540. The maximum absolute atomic E-state index is 14.8. The molecule has 0 atom stereocenters. The number of halogens is 2. The molecule has 6 rings (SSSR count). The van der Waals surface area contributed by atoms with Gasteiger partial charge in [-0.05, 0) is 54.9 Å². The number of rotatable bonds is 9. The topological polar surface area (TPSA) is 74.7 Å². The van der Waals surface area contributed by atoms with Crippen LogP contribution >= 0.6 is 11.6 Å².